The Bertz CT molecular complexity index is 1190. The Morgan fingerprint density at radius 1 is 0.724 bits per heavy atom. The maximum atomic E-state index is 13.8. The van der Waals surface area contributed by atoms with Crippen LogP contribution in [0.1, 0.15) is 9.67 Å². The molecule has 0 radical (unpaired) electrons. The summed E-state index contributed by atoms with van der Waals surface area (Å²) in [7, 11) is 0. The fourth-order valence-corrected chi connectivity index (χ4v) is 3.79. The zero-order chi connectivity index (χ0) is 20.2. The summed E-state index contributed by atoms with van der Waals surface area (Å²) in [5.41, 5.74) is 1.72. The molecule has 0 fully saturated rings. The number of carbonyl (C=O) groups excluding carboxylic acids is 2. The van der Waals surface area contributed by atoms with Crippen LogP contribution in [0.5, 0.6) is 0 Å². The largest absolute Gasteiger partial charge is 0.323 e. The third kappa shape index (κ3) is 4.41. The van der Waals surface area contributed by atoms with Crippen LogP contribution in [-0.2, 0) is 0 Å². The molecule has 0 atom stereocenters. The Kier molecular flexibility index (Phi) is 5.22. The van der Waals surface area contributed by atoms with E-state index in [1.807, 2.05) is 18.2 Å². The molecule has 1 heterocycles. The topological polar surface area (TPSA) is 70.2 Å². The monoisotopic (exact) mass is 405 g/mol. The second-order valence-corrected chi connectivity index (χ2v) is 7.33. The lowest BCUT2D eigenvalue weighted by Crippen LogP contribution is -2.19. The van der Waals surface area contributed by atoms with Crippen LogP contribution >= 0.6 is 11.3 Å². The Labute approximate surface area is 170 Å². The number of para-hydroxylation sites is 1. The molecule has 0 aliphatic carbocycles. The lowest BCUT2D eigenvalue weighted by Gasteiger charge is -2.09. The van der Waals surface area contributed by atoms with E-state index in [1.54, 1.807) is 54.6 Å². The van der Waals surface area contributed by atoms with Crippen molar-refractivity contribution < 1.29 is 14.0 Å². The second kappa shape index (κ2) is 8.12. The van der Waals surface area contributed by atoms with E-state index in [0.29, 0.717) is 32.0 Å². The van der Waals surface area contributed by atoms with Gasteiger partial charge in [0.1, 0.15) is 5.82 Å². The first-order valence-corrected chi connectivity index (χ1v) is 9.63. The first-order valence-electron chi connectivity index (χ1n) is 8.81. The van der Waals surface area contributed by atoms with Crippen LogP contribution in [0, 0.1) is 5.82 Å². The average Bonchev–Trinajstić information content (AvgIpc) is 3.15. The smallest absolute Gasteiger partial charge is 0.321 e. The molecule has 0 saturated heterocycles. The summed E-state index contributed by atoms with van der Waals surface area (Å²) >= 11 is 1.22. The Morgan fingerprint density at radius 3 is 2.14 bits per heavy atom. The first-order chi connectivity index (χ1) is 14.1. The highest BCUT2D eigenvalue weighted by atomic mass is 32.1. The molecule has 0 unspecified atom stereocenters. The van der Waals surface area contributed by atoms with Crippen molar-refractivity contribution in [1.29, 1.82) is 0 Å². The molecular weight excluding hydrogens is 389 g/mol. The molecule has 7 heteroatoms. The Morgan fingerprint density at radius 2 is 1.38 bits per heavy atom. The van der Waals surface area contributed by atoms with Gasteiger partial charge in [-0.2, -0.15) is 0 Å². The van der Waals surface area contributed by atoms with E-state index in [9.17, 15) is 14.0 Å². The molecule has 3 aromatic carbocycles. The van der Waals surface area contributed by atoms with Gasteiger partial charge < -0.3 is 16.0 Å². The van der Waals surface area contributed by atoms with Gasteiger partial charge in [0.05, 0.1) is 4.88 Å². The van der Waals surface area contributed by atoms with Crippen molar-refractivity contribution in [2.24, 2.45) is 0 Å². The van der Waals surface area contributed by atoms with E-state index in [1.165, 1.54) is 17.4 Å². The molecule has 3 amide bonds. The molecule has 29 heavy (non-hydrogen) atoms. The predicted molar refractivity (Wildman–Crippen MR) is 115 cm³/mol. The van der Waals surface area contributed by atoms with Gasteiger partial charge in [0.25, 0.3) is 5.91 Å². The van der Waals surface area contributed by atoms with Gasteiger partial charge in [0.2, 0.25) is 0 Å². The Balaban J connectivity index is 1.44. The summed E-state index contributed by atoms with van der Waals surface area (Å²) in [4.78, 5) is 25.1. The molecule has 4 aromatic rings. The predicted octanol–water partition coefficient (Wildman–Crippen LogP) is 5.94. The van der Waals surface area contributed by atoms with E-state index in [2.05, 4.69) is 16.0 Å². The van der Waals surface area contributed by atoms with E-state index in [0.717, 1.165) is 0 Å². The maximum absolute atomic E-state index is 13.8. The van der Waals surface area contributed by atoms with Crippen molar-refractivity contribution >= 4 is 50.4 Å². The van der Waals surface area contributed by atoms with Crippen molar-refractivity contribution in [2.75, 3.05) is 16.0 Å². The first kappa shape index (κ1) is 18.6. The van der Waals surface area contributed by atoms with Crippen molar-refractivity contribution in [3.05, 3.63) is 89.6 Å². The number of amides is 3. The van der Waals surface area contributed by atoms with Crippen molar-refractivity contribution in [3.8, 4) is 0 Å². The fraction of sp³-hybridized carbons (Fsp3) is 0. The molecule has 0 bridgehead atoms. The van der Waals surface area contributed by atoms with Gasteiger partial charge in [-0.05, 0) is 48.5 Å². The van der Waals surface area contributed by atoms with E-state index < -0.39 is 0 Å². The lowest BCUT2D eigenvalue weighted by molar-refractivity contribution is 0.103. The molecule has 0 spiro atoms. The van der Waals surface area contributed by atoms with Gasteiger partial charge in [-0.3, -0.25) is 4.79 Å². The van der Waals surface area contributed by atoms with Gasteiger partial charge in [0, 0.05) is 27.1 Å². The van der Waals surface area contributed by atoms with Gasteiger partial charge >= 0.3 is 6.03 Å². The number of halogens is 1. The van der Waals surface area contributed by atoms with Crippen molar-refractivity contribution in [1.82, 2.24) is 0 Å². The summed E-state index contributed by atoms with van der Waals surface area (Å²) in [6.07, 6.45) is 0. The van der Waals surface area contributed by atoms with Gasteiger partial charge in [-0.1, -0.05) is 30.3 Å². The molecule has 144 valence electrons. The zero-order valence-electron chi connectivity index (χ0n) is 15.1. The van der Waals surface area contributed by atoms with Crippen LogP contribution in [0.2, 0.25) is 0 Å². The normalized spacial score (nSPS) is 10.5. The standard InChI is InChI=1S/C22H16FN3O2S/c23-18-10-5-11-19-17(18)13-20(29-19)21(27)24-15-8-4-9-16(12-15)26-22(28)25-14-6-2-1-3-7-14/h1-13H,(H,24,27)(H2,25,26,28). The summed E-state index contributed by atoms with van der Waals surface area (Å²) < 4.78 is 14.6. The number of rotatable bonds is 4. The molecule has 0 aliphatic heterocycles. The van der Waals surface area contributed by atoms with Gasteiger partial charge in [-0.25, -0.2) is 9.18 Å². The minimum atomic E-state index is -0.389. The minimum Gasteiger partial charge on any atom is -0.321 e. The van der Waals surface area contributed by atoms with Gasteiger partial charge in [0.15, 0.2) is 0 Å². The summed E-state index contributed by atoms with van der Waals surface area (Å²) in [5, 5.41) is 8.66. The molecule has 4 rings (SSSR count). The SMILES string of the molecule is O=C(Nc1ccccc1)Nc1cccc(NC(=O)c2cc3c(F)cccc3s2)c1. The maximum Gasteiger partial charge on any atom is 0.323 e. The second-order valence-electron chi connectivity index (χ2n) is 6.24. The highest BCUT2D eigenvalue weighted by molar-refractivity contribution is 7.20. The number of nitrogens with one attached hydrogen (secondary N) is 3. The third-order valence-electron chi connectivity index (χ3n) is 4.14. The average molecular weight is 405 g/mol. The number of urea groups is 1. The van der Waals surface area contributed by atoms with Crippen LogP contribution in [-0.4, -0.2) is 11.9 Å². The number of benzene rings is 3. The van der Waals surface area contributed by atoms with Crippen LogP contribution in [0.25, 0.3) is 10.1 Å². The summed E-state index contributed by atoms with van der Waals surface area (Å²) in [6.45, 7) is 0. The van der Waals surface area contributed by atoms with Crippen LogP contribution in [0.3, 0.4) is 0 Å². The summed E-state index contributed by atoms with van der Waals surface area (Å²) in [5.74, 6) is -0.690. The molecule has 0 saturated carbocycles. The van der Waals surface area contributed by atoms with Crippen LogP contribution in [0.4, 0.5) is 26.2 Å². The molecule has 1 aromatic heterocycles. The van der Waals surface area contributed by atoms with E-state index in [4.69, 9.17) is 0 Å². The van der Waals surface area contributed by atoms with E-state index >= 15 is 0 Å². The molecule has 0 aliphatic rings. The molecular formula is C22H16FN3O2S. The van der Waals surface area contributed by atoms with Crippen molar-refractivity contribution in [3.63, 3.8) is 0 Å². The quantitative estimate of drug-likeness (QED) is 0.393. The number of thiophene rings is 1. The third-order valence-corrected chi connectivity index (χ3v) is 5.24. The highest BCUT2D eigenvalue weighted by Gasteiger charge is 2.13. The van der Waals surface area contributed by atoms with Gasteiger partial charge in [-0.15, -0.1) is 11.3 Å². The number of fused-ring (bicyclic) bond motifs is 1. The zero-order valence-corrected chi connectivity index (χ0v) is 15.9. The van der Waals surface area contributed by atoms with Crippen molar-refractivity contribution in [2.45, 2.75) is 0 Å². The van der Waals surface area contributed by atoms with Crippen LogP contribution in [0.15, 0.2) is 78.9 Å². The number of carbonyl (C=O) groups is 2. The van der Waals surface area contributed by atoms with E-state index in [-0.39, 0.29) is 17.8 Å². The molecule has 3 N–H and O–H groups in total. The van der Waals surface area contributed by atoms with Crippen LogP contribution < -0.4 is 16.0 Å². The highest BCUT2D eigenvalue weighted by Crippen LogP contribution is 2.28. The Hall–Kier alpha value is -3.71. The summed E-state index contributed by atoms with van der Waals surface area (Å²) in [6, 6.07) is 21.8. The minimum absolute atomic E-state index is 0.337. The fourth-order valence-electron chi connectivity index (χ4n) is 2.82. The number of hydrogen-bond donors (Lipinski definition) is 3. The molecule has 5 nitrogen and oxygen atoms in total. The number of hydrogen-bond acceptors (Lipinski definition) is 3. The lowest BCUT2D eigenvalue weighted by atomic mass is 10.2. The number of anilines is 3.